The summed E-state index contributed by atoms with van der Waals surface area (Å²) in [6.45, 7) is 1.74. The summed E-state index contributed by atoms with van der Waals surface area (Å²) in [7, 11) is 0. The van der Waals surface area contributed by atoms with Gasteiger partial charge >= 0.3 is 6.18 Å². The maximum Gasteiger partial charge on any atom is 0.389 e. The Bertz CT molecular complexity index is 262. The smallest absolute Gasteiger partial charge is 0.353 e. The molecule has 2 fully saturated rings. The van der Waals surface area contributed by atoms with Gasteiger partial charge < -0.3 is 10.6 Å². The lowest BCUT2D eigenvalue weighted by Crippen LogP contribution is -2.33. The summed E-state index contributed by atoms with van der Waals surface area (Å²) in [6.07, 6.45) is -5.72. The molecule has 2 atom stereocenters. The van der Waals surface area contributed by atoms with Gasteiger partial charge in [0.15, 0.2) is 0 Å². The molecule has 7 heteroatoms. The van der Waals surface area contributed by atoms with Crippen LogP contribution in [0.25, 0.3) is 0 Å². The molecule has 0 spiro atoms. The number of piperidine rings is 1. The first kappa shape index (κ1) is 13.6. The molecule has 3 nitrogen and oxygen atoms in total. The topological polar surface area (TPSA) is 41.1 Å². The van der Waals surface area contributed by atoms with Gasteiger partial charge in [-0.3, -0.25) is 4.79 Å². The van der Waals surface area contributed by atoms with Crippen molar-refractivity contribution in [3.8, 4) is 0 Å². The van der Waals surface area contributed by atoms with Crippen molar-refractivity contribution >= 4 is 18.3 Å². The number of halogens is 4. The van der Waals surface area contributed by atoms with Gasteiger partial charge in [-0.2, -0.15) is 13.2 Å². The highest BCUT2D eigenvalue weighted by molar-refractivity contribution is 5.85. The number of carbonyl (C=O) groups excluding carboxylic acids is 1. The SMILES string of the molecule is Cl.O=C(CCC(F)(F)F)NC1C2CNCC21. The monoisotopic (exact) mass is 258 g/mol. The predicted octanol–water partition coefficient (Wildman–Crippen LogP) is 1.08. The predicted molar refractivity (Wildman–Crippen MR) is 54.3 cm³/mol. The van der Waals surface area contributed by atoms with E-state index in [1.54, 1.807) is 0 Å². The second kappa shape index (κ2) is 4.79. The van der Waals surface area contributed by atoms with Crippen molar-refractivity contribution < 1.29 is 18.0 Å². The highest BCUT2D eigenvalue weighted by Crippen LogP contribution is 2.41. The van der Waals surface area contributed by atoms with E-state index in [2.05, 4.69) is 10.6 Å². The van der Waals surface area contributed by atoms with Crippen LogP contribution in [-0.4, -0.2) is 31.2 Å². The van der Waals surface area contributed by atoms with Gasteiger partial charge in [0.05, 0.1) is 6.42 Å². The summed E-state index contributed by atoms with van der Waals surface area (Å²) < 4.78 is 35.4. The van der Waals surface area contributed by atoms with Gasteiger partial charge in [-0.25, -0.2) is 0 Å². The lowest BCUT2D eigenvalue weighted by atomic mass is 10.3. The number of hydrogen-bond donors (Lipinski definition) is 2. The van der Waals surface area contributed by atoms with Crippen molar-refractivity contribution in [3.05, 3.63) is 0 Å². The fraction of sp³-hybridized carbons (Fsp3) is 0.889. The number of nitrogens with one attached hydrogen (secondary N) is 2. The summed E-state index contributed by atoms with van der Waals surface area (Å²) in [6, 6.07) is 0.118. The molecule has 2 N–H and O–H groups in total. The molecule has 0 radical (unpaired) electrons. The Morgan fingerprint density at radius 2 is 1.88 bits per heavy atom. The van der Waals surface area contributed by atoms with Crippen LogP contribution in [0.2, 0.25) is 0 Å². The van der Waals surface area contributed by atoms with Crippen LogP contribution in [-0.2, 0) is 4.79 Å². The Morgan fingerprint density at radius 3 is 2.38 bits per heavy atom. The molecule has 2 aliphatic rings. The van der Waals surface area contributed by atoms with E-state index >= 15 is 0 Å². The summed E-state index contributed by atoms with van der Waals surface area (Å²) in [5.41, 5.74) is 0. The van der Waals surface area contributed by atoms with Gasteiger partial charge in [0.25, 0.3) is 0 Å². The number of fused-ring (bicyclic) bond motifs is 1. The van der Waals surface area contributed by atoms with E-state index in [9.17, 15) is 18.0 Å². The molecule has 1 aliphatic heterocycles. The number of hydrogen-bond acceptors (Lipinski definition) is 2. The summed E-state index contributed by atoms with van der Waals surface area (Å²) in [5, 5.41) is 5.80. The van der Waals surface area contributed by atoms with E-state index in [0.29, 0.717) is 11.8 Å². The van der Waals surface area contributed by atoms with Crippen LogP contribution in [0.3, 0.4) is 0 Å². The first-order valence-electron chi connectivity index (χ1n) is 5.04. The van der Waals surface area contributed by atoms with E-state index in [-0.39, 0.29) is 18.4 Å². The normalized spacial score (nSPS) is 31.6. The standard InChI is InChI=1S/C9H13F3N2O.ClH/c10-9(11,12)2-1-7(15)14-8-5-3-13-4-6(5)8;/h5-6,8,13H,1-4H2,(H,14,15);1H. The van der Waals surface area contributed by atoms with Crippen LogP contribution in [0.4, 0.5) is 13.2 Å². The van der Waals surface area contributed by atoms with Crippen molar-refractivity contribution in [2.24, 2.45) is 11.8 Å². The second-order valence-corrected chi connectivity index (χ2v) is 4.19. The van der Waals surface area contributed by atoms with E-state index in [4.69, 9.17) is 0 Å². The average molecular weight is 259 g/mol. The molecular formula is C9H14ClF3N2O. The number of amides is 1. The van der Waals surface area contributed by atoms with Crippen molar-refractivity contribution in [2.75, 3.05) is 13.1 Å². The van der Waals surface area contributed by atoms with Crippen LogP contribution in [0.5, 0.6) is 0 Å². The number of carbonyl (C=O) groups is 1. The van der Waals surface area contributed by atoms with Gasteiger partial charge in [0.2, 0.25) is 5.91 Å². The molecule has 94 valence electrons. The van der Waals surface area contributed by atoms with E-state index in [0.717, 1.165) is 13.1 Å². The fourth-order valence-corrected chi connectivity index (χ4v) is 2.15. The van der Waals surface area contributed by atoms with Gasteiger partial charge in [0, 0.05) is 25.6 Å². The average Bonchev–Trinajstić information content (AvgIpc) is 2.62. The minimum atomic E-state index is -4.24. The first-order chi connectivity index (χ1) is 6.97. The molecule has 16 heavy (non-hydrogen) atoms. The van der Waals surface area contributed by atoms with E-state index in [1.807, 2.05) is 0 Å². The third kappa shape index (κ3) is 3.25. The summed E-state index contributed by atoms with van der Waals surface area (Å²) in [4.78, 5) is 11.1. The molecule has 2 unspecified atom stereocenters. The maximum atomic E-state index is 11.8. The number of rotatable bonds is 3. The minimum Gasteiger partial charge on any atom is -0.353 e. The minimum absolute atomic E-state index is 0. The molecule has 1 amide bonds. The Labute approximate surface area is 97.6 Å². The number of alkyl halides is 3. The zero-order chi connectivity index (χ0) is 11.1. The molecule has 0 aromatic rings. The van der Waals surface area contributed by atoms with Gasteiger partial charge in [-0.05, 0) is 11.8 Å². The van der Waals surface area contributed by atoms with Crippen molar-refractivity contribution in [1.82, 2.24) is 10.6 Å². The molecule has 2 rings (SSSR count). The van der Waals surface area contributed by atoms with Gasteiger partial charge in [0.1, 0.15) is 0 Å². The van der Waals surface area contributed by atoms with Crippen molar-refractivity contribution in [1.29, 1.82) is 0 Å². The lowest BCUT2D eigenvalue weighted by molar-refractivity contribution is -0.144. The molecule has 0 bridgehead atoms. The van der Waals surface area contributed by atoms with Gasteiger partial charge in [-0.15, -0.1) is 12.4 Å². The first-order valence-corrected chi connectivity index (χ1v) is 5.04. The largest absolute Gasteiger partial charge is 0.389 e. The Hall–Kier alpha value is -0.490. The Kier molecular flexibility index (Phi) is 4.07. The third-order valence-electron chi connectivity index (χ3n) is 3.05. The van der Waals surface area contributed by atoms with Crippen LogP contribution >= 0.6 is 12.4 Å². The molecule has 1 saturated heterocycles. The highest BCUT2D eigenvalue weighted by Gasteiger charge is 2.53. The van der Waals surface area contributed by atoms with Crippen molar-refractivity contribution in [2.45, 2.75) is 25.1 Å². The van der Waals surface area contributed by atoms with Crippen LogP contribution in [0.15, 0.2) is 0 Å². The maximum absolute atomic E-state index is 11.8. The van der Waals surface area contributed by atoms with E-state index < -0.39 is 24.9 Å². The van der Waals surface area contributed by atoms with Gasteiger partial charge in [-0.1, -0.05) is 0 Å². The van der Waals surface area contributed by atoms with Crippen LogP contribution < -0.4 is 10.6 Å². The zero-order valence-corrected chi connectivity index (χ0v) is 9.33. The molecule has 1 heterocycles. The van der Waals surface area contributed by atoms with Crippen LogP contribution in [0, 0.1) is 11.8 Å². The third-order valence-corrected chi connectivity index (χ3v) is 3.05. The zero-order valence-electron chi connectivity index (χ0n) is 8.51. The molecule has 0 aromatic carbocycles. The van der Waals surface area contributed by atoms with Crippen LogP contribution in [0.1, 0.15) is 12.8 Å². The summed E-state index contributed by atoms with van der Waals surface area (Å²) in [5.74, 6) is 0.409. The molecule has 1 saturated carbocycles. The van der Waals surface area contributed by atoms with E-state index in [1.165, 1.54) is 0 Å². The fourth-order valence-electron chi connectivity index (χ4n) is 2.15. The Balaban J connectivity index is 0.00000128. The molecular weight excluding hydrogens is 245 g/mol. The molecule has 1 aliphatic carbocycles. The second-order valence-electron chi connectivity index (χ2n) is 4.19. The highest BCUT2D eigenvalue weighted by atomic mass is 35.5. The molecule has 0 aromatic heterocycles. The quantitative estimate of drug-likeness (QED) is 0.796. The Morgan fingerprint density at radius 1 is 1.31 bits per heavy atom. The summed E-state index contributed by atoms with van der Waals surface area (Å²) >= 11 is 0. The van der Waals surface area contributed by atoms with Crippen molar-refractivity contribution in [3.63, 3.8) is 0 Å². The lowest BCUT2D eigenvalue weighted by Gasteiger charge is -2.08.